The van der Waals surface area contributed by atoms with Crippen LogP contribution < -0.4 is 5.32 Å². The van der Waals surface area contributed by atoms with Crippen LogP contribution in [-0.4, -0.2) is 27.0 Å². The summed E-state index contributed by atoms with van der Waals surface area (Å²) >= 11 is 4.50. The first-order chi connectivity index (χ1) is 14.9. The highest BCUT2D eigenvalue weighted by Gasteiger charge is 2.21. The molecular weight excluding hydrogens is 482 g/mol. The second-order valence-electron chi connectivity index (χ2n) is 6.64. The van der Waals surface area contributed by atoms with E-state index in [4.69, 9.17) is 4.74 Å². The zero-order valence-corrected chi connectivity index (χ0v) is 18.7. The van der Waals surface area contributed by atoms with Crippen molar-refractivity contribution in [1.82, 2.24) is 9.97 Å². The minimum Gasteiger partial charge on any atom is -0.478 e. The minimum absolute atomic E-state index is 0.0940. The molecule has 0 aliphatic heterocycles. The SMILES string of the molecule is Cc1c(C(=O)OCc2ccccc2)sc2ncnc(Nc3ccc(Br)cc3C(=O)O)c12. The predicted molar refractivity (Wildman–Crippen MR) is 122 cm³/mol. The molecule has 0 atom stereocenters. The maximum Gasteiger partial charge on any atom is 0.349 e. The molecule has 4 rings (SSSR count). The van der Waals surface area contributed by atoms with Crippen LogP contribution in [0.15, 0.2) is 59.3 Å². The van der Waals surface area contributed by atoms with Crippen molar-refractivity contribution in [3.63, 3.8) is 0 Å². The number of esters is 1. The Bertz CT molecular complexity index is 1290. The Labute approximate surface area is 189 Å². The number of carboxylic acids is 1. The van der Waals surface area contributed by atoms with Gasteiger partial charge in [0.25, 0.3) is 0 Å². The molecule has 156 valence electrons. The number of nitrogens with one attached hydrogen (secondary N) is 1. The van der Waals surface area contributed by atoms with Crippen LogP contribution in [0.5, 0.6) is 0 Å². The Morgan fingerprint density at radius 2 is 1.94 bits per heavy atom. The average molecular weight is 498 g/mol. The van der Waals surface area contributed by atoms with Gasteiger partial charge >= 0.3 is 11.9 Å². The number of hydrogen-bond donors (Lipinski definition) is 2. The smallest absolute Gasteiger partial charge is 0.349 e. The molecule has 2 heterocycles. The number of aromatic carboxylic acids is 1. The van der Waals surface area contributed by atoms with Gasteiger partial charge in [0.05, 0.1) is 16.6 Å². The van der Waals surface area contributed by atoms with Crippen LogP contribution in [0, 0.1) is 6.92 Å². The molecule has 31 heavy (non-hydrogen) atoms. The van der Waals surface area contributed by atoms with Gasteiger partial charge in [-0.05, 0) is 36.2 Å². The number of carbonyl (C=O) groups is 2. The van der Waals surface area contributed by atoms with Crippen molar-refractivity contribution in [1.29, 1.82) is 0 Å². The number of rotatable bonds is 6. The van der Waals surface area contributed by atoms with E-state index in [2.05, 4.69) is 31.2 Å². The van der Waals surface area contributed by atoms with Gasteiger partial charge in [-0.2, -0.15) is 0 Å². The summed E-state index contributed by atoms with van der Waals surface area (Å²) in [6, 6.07) is 14.3. The van der Waals surface area contributed by atoms with E-state index < -0.39 is 11.9 Å². The molecule has 0 aliphatic carbocycles. The number of hydrogen-bond acceptors (Lipinski definition) is 7. The van der Waals surface area contributed by atoms with Crippen LogP contribution in [0.25, 0.3) is 10.2 Å². The Kier molecular flexibility index (Phi) is 5.97. The molecule has 7 nitrogen and oxygen atoms in total. The van der Waals surface area contributed by atoms with E-state index in [1.54, 1.807) is 19.1 Å². The van der Waals surface area contributed by atoms with Crippen LogP contribution in [0.4, 0.5) is 11.5 Å². The second-order valence-corrected chi connectivity index (χ2v) is 8.56. The molecule has 9 heteroatoms. The lowest BCUT2D eigenvalue weighted by Gasteiger charge is -2.10. The first-order valence-electron chi connectivity index (χ1n) is 9.19. The number of carboxylic acid groups (broad SMARTS) is 1. The lowest BCUT2D eigenvalue weighted by molar-refractivity contribution is 0.0477. The lowest BCUT2D eigenvalue weighted by atomic mass is 10.1. The van der Waals surface area contributed by atoms with Gasteiger partial charge in [-0.3, -0.25) is 0 Å². The van der Waals surface area contributed by atoms with E-state index in [1.165, 1.54) is 23.7 Å². The molecule has 4 aromatic rings. The normalized spacial score (nSPS) is 10.8. The second kappa shape index (κ2) is 8.83. The summed E-state index contributed by atoms with van der Waals surface area (Å²) in [5, 5.41) is 13.2. The Morgan fingerprint density at radius 1 is 1.16 bits per heavy atom. The van der Waals surface area contributed by atoms with Gasteiger partial charge in [-0.1, -0.05) is 46.3 Å². The summed E-state index contributed by atoms with van der Waals surface area (Å²) in [4.78, 5) is 33.9. The van der Waals surface area contributed by atoms with Gasteiger partial charge in [-0.25, -0.2) is 19.6 Å². The number of halogens is 1. The van der Waals surface area contributed by atoms with Crippen molar-refractivity contribution in [2.45, 2.75) is 13.5 Å². The summed E-state index contributed by atoms with van der Waals surface area (Å²) in [5.41, 5.74) is 2.05. The average Bonchev–Trinajstić information content (AvgIpc) is 3.11. The van der Waals surface area contributed by atoms with Crippen LogP contribution in [-0.2, 0) is 11.3 Å². The van der Waals surface area contributed by atoms with Gasteiger partial charge in [0, 0.05) is 4.47 Å². The number of fused-ring (bicyclic) bond motifs is 1. The fraction of sp³-hybridized carbons (Fsp3) is 0.0909. The van der Waals surface area contributed by atoms with Crippen LogP contribution >= 0.6 is 27.3 Å². The van der Waals surface area contributed by atoms with E-state index in [-0.39, 0.29) is 12.2 Å². The van der Waals surface area contributed by atoms with Crippen molar-refractivity contribution >= 4 is 60.9 Å². The topological polar surface area (TPSA) is 101 Å². The molecule has 0 amide bonds. The van der Waals surface area contributed by atoms with Crippen molar-refractivity contribution in [2.24, 2.45) is 0 Å². The van der Waals surface area contributed by atoms with Gasteiger partial charge in [0.1, 0.15) is 28.5 Å². The monoisotopic (exact) mass is 497 g/mol. The maximum atomic E-state index is 12.7. The molecule has 0 spiro atoms. The number of thiophene rings is 1. The summed E-state index contributed by atoms with van der Waals surface area (Å²) in [6.07, 6.45) is 1.37. The van der Waals surface area contributed by atoms with Crippen LogP contribution in [0.1, 0.15) is 31.2 Å². The number of carbonyl (C=O) groups excluding carboxylic acids is 1. The molecule has 2 aromatic carbocycles. The van der Waals surface area contributed by atoms with Crippen molar-refractivity contribution in [3.05, 3.63) is 80.9 Å². The molecular formula is C22H16BrN3O4S. The van der Waals surface area contributed by atoms with Crippen molar-refractivity contribution in [2.75, 3.05) is 5.32 Å². The van der Waals surface area contributed by atoms with E-state index in [0.717, 1.165) is 5.56 Å². The van der Waals surface area contributed by atoms with Gasteiger partial charge in [0.2, 0.25) is 0 Å². The standard InChI is InChI=1S/C22H16BrN3O4S/c1-12-17-19(26-16-8-7-14(23)9-15(16)21(27)28)24-11-25-20(17)31-18(12)22(29)30-10-13-5-3-2-4-6-13/h2-9,11H,10H2,1H3,(H,27,28)(H,24,25,26). The number of aryl methyl sites for hydroxylation is 1. The van der Waals surface area contributed by atoms with Crippen LogP contribution in [0.3, 0.4) is 0 Å². The van der Waals surface area contributed by atoms with Gasteiger partial charge < -0.3 is 15.2 Å². The zero-order chi connectivity index (χ0) is 22.0. The molecule has 0 unspecified atom stereocenters. The Hall–Kier alpha value is -3.30. The largest absolute Gasteiger partial charge is 0.478 e. The molecule has 2 aromatic heterocycles. The van der Waals surface area contributed by atoms with Crippen molar-refractivity contribution < 1.29 is 19.4 Å². The molecule has 0 bridgehead atoms. The number of benzene rings is 2. The summed E-state index contributed by atoms with van der Waals surface area (Å²) in [5.74, 6) is -1.09. The fourth-order valence-corrected chi connectivity index (χ4v) is 4.48. The third-order valence-corrected chi connectivity index (χ3v) is 6.26. The molecule has 0 aliphatic rings. The highest BCUT2D eigenvalue weighted by molar-refractivity contribution is 9.10. The predicted octanol–water partition coefficient (Wildman–Crippen LogP) is 5.56. The third-order valence-electron chi connectivity index (χ3n) is 4.59. The Morgan fingerprint density at radius 3 is 2.68 bits per heavy atom. The van der Waals surface area contributed by atoms with E-state index >= 15 is 0 Å². The first-order valence-corrected chi connectivity index (χ1v) is 10.8. The minimum atomic E-state index is -1.07. The number of nitrogens with zero attached hydrogens (tertiary/aromatic N) is 2. The first kappa shape index (κ1) is 21.0. The summed E-state index contributed by atoms with van der Waals surface area (Å²) < 4.78 is 6.12. The molecule has 0 fully saturated rings. The number of anilines is 2. The lowest BCUT2D eigenvalue weighted by Crippen LogP contribution is -2.05. The van der Waals surface area contributed by atoms with E-state index in [1.807, 2.05) is 30.3 Å². The Balaban J connectivity index is 1.66. The fourth-order valence-electron chi connectivity index (χ4n) is 3.08. The quantitative estimate of drug-likeness (QED) is 0.336. The molecule has 2 N–H and O–H groups in total. The molecule has 0 saturated heterocycles. The van der Waals surface area contributed by atoms with E-state index in [0.29, 0.717) is 36.6 Å². The summed E-state index contributed by atoms with van der Waals surface area (Å²) in [6.45, 7) is 1.97. The molecule has 0 radical (unpaired) electrons. The zero-order valence-electron chi connectivity index (χ0n) is 16.3. The van der Waals surface area contributed by atoms with E-state index in [9.17, 15) is 14.7 Å². The highest BCUT2D eigenvalue weighted by atomic mass is 79.9. The third kappa shape index (κ3) is 4.42. The van der Waals surface area contributed by atoms with Crippen molar-refractivity contribution in [3.8, 4) is 0 Å². The molecule has 0 saturated carbocycles. The highest BCUT2D eigenvalue weighted by Crippen LogP contribution is 2.35. The van der Waals surface area contributed by atoms with Crippen LogP contribution in [0.2, 0.25) is 0 Å². The van der Waals surface area contributed by atoms with Gasteiger partial charge in [0.15, 0.2) is 0 Å². The number of aromatic nitrogens is 2. The maximum absolute atomic E-state index is 12.7. The van der Waals surface area contributed by atoms with Gasteiger partial charge in [-0.15, -0.1) is 11.3 Å². The summed E-state index contributed by atoms with van der Waals surface area (Å²) in [7, 11) is 0. The number of ether oxygens (including phenoxy) is 1.